The molecule has 0 spiro atoms. The zero-order chi connectivity index (χ0) is 17.9. The van der Waals surface area contributed by atoms with Crippen LogP contribution in [0.1, 0.15) is 18.4 Å². The molecule has 2 aromatic rings. The highest BCUT2D eigenvalue weighted by atomic mass is 79.9. The quantitative estimate of drug-likeness (QED) is 0.792. The third-order valence-electron chi connectivity index (χ3n) is 4.63. The number of halogens is 2. The van der Waals surface area contributed by atoms with Crippen molar-refractivity contribution in [2.24, 2.45) is 0 Å². The summed E-state index contributed by atoms with van der Waals surface area (Å²) in [6.45, 7) is 1.34. The van der Waals surface area contributed by atoms with Crippen LogP contribution in [0.2, 0.25) is 0 Å². The Morgan fingerprint density at radius 2 is 1.72 bits per heavy atom. The molecule has 0 atom stereocenters. The second kappa shape index (κ2) is 7.53. The number of hydrogen-bond donors (Lipinski definition) is 1. The Hall–Kier alpha value is -1.28. The lowest BCUT2D eigenvalue weighted by Gasteiger charge is -2.38. The van der Waals surface area contributed by atoms with Gasteiger partial charge in [-0.15, -0.1) is 0 Å². The highest BCUT2D eigenvalue weighted by molar-refractivity contribution is 9.10. The van der Waals surface area contributed by atoms with E-state index in [0.717, 1.165) is 5.56 Å². The fourth-order valence-corrected chi connectivity index (χ4v) is 5.24. The molecule has 0 aliphatic carbocycles. The van der Waals surface area contributed by atoms with Crippen molar-refractivity contribution in [3.8, 4) is 0 Å². The van der Waals surface area contributed by atoms with Crippen LogP contribution in [0.25, 0.3) is 0 Å². The molecule has 25 heavy (non-hydrogen) atoms. The van der Waals surface area contributed by atoms with Crippen molar-refractivity contribution in [2.45, 2.75) is 23.2 Å². The van der Waals surface area contributed by atoms with E-state index in [4.69, 9.17) is 4.74 Å². The lowest BCUT2D eigenvalue weighted by molar-refractivity contribution is 0.0517. The number of sulfonamides is 1. The SMILES string of the molecule is O=S(=O)(NCC1(c2ccc(F)cc2)CCOCC1)c1ccccc1Br. The molecule has 1 N–H and O–H groups in total. The first-order chi connectivity index (χ1) is 11.9. The third-order valence-corrected chi connectivity index (χ3v) is 7.05. The zero-order valence-electron chi connectivity index (χ0n) is 13.5. The monoisotopic (exact) mass is 427 g/mol. The van der Waals surface area contributed by atoms with Crippen LogP contribution in [0.15, 0.2) is 57.9 Å². The molecule has 134 valence electrons. The first kappa shape index (κ1) is 18.5. The van der Waals surface area contributed by atoms with Crippen LogP contribution in [-0.4, -0.2) is 28.2 Å². The summed E-state index contributed by atoms with van der Waals surface area (Å²) in [4.78, 5) is 0.205. The third kappa shape index (κ3) is 4.11. The highest BCUT2D eigenvalue weighted by Crippen LogP contribution is 2.35. The van der Waals surface area contributed by atoms with Crippen LogP contribution >= 0.6 is 15.9 Å². The zero-order valence-corrected chi connectivity index (χ0v) is 15.9. The van der Waals surface area contributed by atoms with Crippen molar-refractivity contribution >= 4 is 26.0 Å². The molecule has 0 saturated carbocycles. The fraction of sp³-hybridized carbons (Fsp3) is 0.333. The summed E-state index contributed by atoms with van der Waals surface area (Å²) in [5.41, 5.74) is 0.521. The van der Waals surface area contributed by atoms with E-state index in [1.165, 1.54) is 12.1 Å². The van der Waals surface area contributed by atoms with Crippen molar-refractivity contribution in [3.05, 3.63) is 64.4 Å². The smallest absolute Gasteiger partial charge is 0.241 e. The summed E-state index contributed by atoms with van der Waals surface area (Å²) in [6.07, 6.45) is 1.36. The topological polar surface area (TPSA) is 55.4 Å². The molecule has 7 heteroatoms. The number of rotatable bonds is 5. The average molecular weight is 428 g/mol. The first-order valence-corrected chi connectivity index (χ1v) is 10.3. The van der Waals surface area contributed by atoms with Gasteiger partial charge in [0.2, 0.25) is 10.0 Å². The Kier molecular flexibility index (Phi) is 5.58. The average Bonchev–Trinajstić information content (AvgIpc) is 2.62. The molecule has 4 nitrogen and oxygen atoms in total. The maximum Gasteiger partial charge on any atom is 0.241 e. The summed E-state index contributed by atoms with van der Waals surface area (Å²) in [5, 5.41) is 0. The Labute approximate surface area is 155 Å². The normalized spacial score (nSPS) is 17.4. The van der Waals surface area contributed by atoms with Gasteiger partial charge >= 0.3 is 0 Å². The van der Waals surface area contributed by atoms with Crippen molar-refractivity contribution in [3.63, 3.8) is 0 Å². The molecular weight excluding hydrogens is 409 g/mol. The molecule has 0 unspecified atom stereocenters. The summed E-state index contributed by atoms with van der Waals surface area (Å²) in [6, 6.07) is 13.0. The van der Waals surface area contributed by atoms with Gasteiger partial charge in [0.1, 0.15) is 5.82 Å². The summed E-state index contributed by atoms with van der Waals surface area (Å²) < 4.78 is 47.4. The van der Waals surface area contributed by atoms with E-state index in [2.05, 4.69) is 20.7 Å². The van der Waals surface area contributed by atoms with Gasteiger partial charge in [-0.25, -0.2) is 17.5 Å². The van der Waals surface area contributed by atoms with Crippen LogP contribution in [-0.2, 0) is 20.2 Å². The Morgan fingerprint density at radius 3 is 2.36 bits per heavy atom. The second-order valence-electron chi connectivity index (χ2n) is 6.15. The number of hydrogen-bond acceptors (Lipinski definition) is 3. The standard InChI is InChI=1S/C18H19BrFNO3S/c19-16-3-1-2-4-17(16)25(22,23)21-13-18(9-11-24-12-10-18)14-5-7-15(20)8-6-14/h1-8,21H,9-13H2. The predicted octanol–water partition coefficient (Wildman–Crippen LogP) is 3.61. The molecule has 0 bridgehead atoms. The van der Waals surface area contributed by atoms with Crippen molar-refractivity contribution in [1.82, 2.24) is 4.72 Å². The van der Waals surface area contributed by atoms with Crippen LogP contribution in [0.4, 0.5) is 4.39 Å². The lowest BCUT2D eigenvalue weighted by atomic mass is 9.74. The van der Waals surface area contributed by atoms with Crippen molar-refractivity contribution in [2.75, 3.05) is 19.8 Å². The molecule has 1 aliphatic heterocycles. The second-order valence-corrected chi connectivity index (χ2v) is 8.74. The molecule has 0 amide bonds. The number of ether oxygens (including phenoxy) is 1. The van der Waals surface area contributed by atoms with E-state index in [0.29, 0.717) is 30.5 Å². The molecular formula is C18H19BrFNO3S. The van der Waals surface area contributed by atoms with Gasteiger partial charge in [-0.3, -0.25) is 0 Å². The van der Waals surface area contributed by atoms with E-state index in [1.807, 2.05) is 0 Å². The van der Waals surface area contributed by atoms with Crippen LogP contribution < -0.4 is 4.72 Å². The van der Waals surface area contributed by atoms with E-state index in [-0.39, 0.29) is 17.3 Å². The minimum absolute atomic E-state index is 0.205. The van der Waals surface area contributed by atoms with Crippen molar-refractivity contribution in [1.29, 1.82) is 0 Å². The van der Waals surface area contributed by atoms with Gasteiger partial charge in [-0.05, 0) is 58.6 Å². The van der Waals surface area contributed by atoms with E-state index >= 15 is 0 Å². The van der Waals surface area contributed by atoms with Gasteiger partial charge in [0.15, 0.2) is 0 Å². The predicted molar refractivity (Wildman–Crippen MR) is 97.5 cm³/mol. The molecule has 1 fully saturated rings. The Bertz CT molecular complexity index is 834. The molecule has 1 aliphatic rings. The number of nitrogens with one attached hydrogen (secondary N) is 1. The largest absolute Gasteiger partial charge is 0.381 e. The minimum atomic E-state index is -3.66. The minimum Gasteiger partial charge on any atom is -0.381 e. The van der Waals surface area contributed by atoms with Gasteiger partial charge in [0, 0.05) is 29.6 Å². The molecule has 0 aromatic heterocycles. The van der Waals surface area contributed by atoms with Gasteiger partial charge in [0.05, 0.1) is 4.90 Å². The van der Waals surface area contributed by atoms with Crippen LogP contribution in [0, 0.1) is 5.82 Å². The lowest BCUT2D eigenvalue weighted by Crippen LogP contribution is -2.44. The molecule has 3 rings (SSSR count). The van der Waals surface area contributed by atoms with Gasteiger partial charge in [-0.1, -0.05) is 24.3 Å². The van der Waals surface area contributed by atoms with Crippen LogP contribution in [0.3, 0.4) is 0 Å². The Morgan fingerprint density at radius 1 is 1.08 bits per heavy atom. The molecule has 1 saturated heterocycles. The molecule has 1 heterocycles. The molecule has 0 radical (unpaired) electrons. The molecule has 2 aromatic carbocycles. The maximum absolute atomic E-state index is 13.3. The first-order valence-electron chi connectivity index (χ1n) is 8.01. The highest BCUT2D eigenvalue weighted by Gasteiger charge is 2.36. The van der Waals surface area contributed by atoms with E-state index in [1.54, 1.807) is 36.4 Å². The van der Waals surface area contributed by atoms with Crippen LogP contribution in [0.5, 0.6) is 0 Å². The fourth-order valence-electron chi connectivity index (χ4n) is 3.11. The number of benzene rings is 2. The summed E-state index contributed by atoms with van der Waals surface area (Å²) in [7, 11) is -3.66. The van der Waals surface area contributed by atoms with Gasteiger partial charge < -0.3 is 4.74 Å². The Balaban J connectivity index is 1.86. The van der Waals surface area contributed by atoms with Gasteiger partial charge in [-0.2, -0.15) is 0 Å². The van der Waals surface area contributed by atoms with Gasteiger partial charge in [0.25, 0.3) is 0 Å². The van der Waals surface area contributed by atoms with E-state index in [9.17, 15) is 12.8 Å². The van der Waals surface area contributed by atoms with E-state index < -0.39 is 15.4 Å². The summed E-state index contributed by atoms with van der Waals surface area (Å²) >= 11 is 3.28. The maximum atomic E-state index is 13.3. The van der Waals surface area contributed by atoms with Crippen molar-refractivity contribution < 1.29 is 17.5 Å². The summed E-state index contributed by atoms with van der Waals surface area (Å²) in [5.74, 6) is -0.306.